The highest BCUT2D eigenvalue weighted by Crippen LogP contribution is 2.20. The van der Waals surface area contributed by atoms with Crippen LogP contribution in [0.25, 0.3) is 0 Å². The Morgan fingerprint density at radius 3 is 2.79 bits per heavy atom. The first-order valence-corrected chi connectivity index (χ1v) is 3.87. The molecule has 14 heavy (non-hydrogen) atoms. The fourth-order valence-electron chi connectivity index (χ4n) is 0.949. The van der Waals surface area contributed by atoms with E-state index in [4.69, 9.17) is 5.26 Å². The van der Waals surface area contributed by atoms with E-state index >= 15 is 0 Å². The molecular formula is C9H9N3O2. The van der Waals surface area contributed by atoms with Crippen LogP contribution in [0.4, 0.5) is 0 Å². The fraction of sp³-hybridized carbons (Fsp3) is 0.222. The summed E-state index contributed by atoms with van der Waals surface area (Å²) in [5.41, 5.74) is -0.0562. The Morgan fingerprint density at radius 2 is 2.29 bits per heavy atom. The van der Waals surface area contributed by atoms with Crippen LogP contribution in [0.2, 0.25) is 0 Å². The molecule has 0 bridgehead atoms. The number of aromatic nitrogens is 1. The summed E-state index contributed by atoms with van der Waals surface area (Å²) in [6, 6.07) is 3.07. The van der Waals surface area contributed by atoms with Crippen LogP contribution in [0.15, 0.2) is 12.3 Å². The average Bonchev–Trinajstić information content (AvgIpc) is 2.17. The molecule has 72 valence electrons. The zero-order valence-corrected chi connectivity index (χ0v) is 7.85. The number of rotatable bonds is 1. The molecule has 1 N–H and O–H groups in total. The van der Waals surface area contributed by atoms with Crippen molar-refractivity contribution in [2.24, 2.45) is 0 Å². The zero-order chi connectivity index (χ0) is 10.7. The van der Waals surface area contributed by atoms with E-state index < -0.39 is 0 Å². The minimum atomic E-state index is -0.367. The van der Waals surface area contributed by atoms with Crippen LogP contribution in [0.3, 0.4) is 0 Å². The third-order valence-electron chi connectivity index (χ3n) is 1.67. The Bertz CT molecular complexity index is 407. The number of nitrogens with zero attached hydrogens (tertiary/aromatic N) is 3. The van der Waals surface area contributed by atoms with E-state index in [2.05, 4.69) is 4.98 Å². The smallest absolute Gasteiger partial charge is 0.257 e. The van der Waals surface area contributed by atoms with Crippen molar-refractivity contribution < 1.29 is 9.90 Å². The summed E-state index contributed by atoms with van der Waals surface area (Å²) in [5.74, 6) is -0.727. The highest BCUT2D eigenvalue weighted by Gasteiger charge is 2.16. The monoisotopic (exact) mass is 191 g/mol. The van der Waals surface area contributed by atoms with E-state index in [1.165, 1.54) is 17.2 Å². The molecule has 0 saturated heterocycles. The lowest BCUT2D eigenvalue weighted by atomic mass is 10.2. The van der Waals surface area contributed by atoms with Gasteiger partial charge in [-0.05, 0) is 6.07 Å². The van der Waals surface area contributed by atoms with Crippen molar-refractivity contribution in [2.45, 2.75) is 0 Å². The van der Waals surface area contributed by atoms with E-state index in [9.17, 15) is 9.90 Å². The van der Waals surface area contributed by atoms with Gasteiger partial charge in [0.2, 0.25) is 0 Å². The Balaban J connectivity index is 3.24. The number of carbonyl (C=O) groups is 1. The van der Waals surface area contributed by atoms with E-state index in [1.807, 2.05) is 0 Å². The third-order valence-corrected chi connectivity index (χ3v) is 1.67. The molecule has 0 atom stereocenters. The molecule has 0 aliphatic rings. The van der Waals surface area contributed by atoms with Crippen molar-refractivity contribution in [3.63, 3.8) is 0 Å². The molecule has 0 unspecified atom stereocenters. The molecule has 0 fully saturated rings. The van der Waals surface area contributed by atoms with Gasteiger partial charge in [-0.1, -0.05) is 0 Å². The summed E-state index contributed by atoms with van der Waals surface area (Å²) >= 11 is 0. The summed E-state index contributed by atoms with van der Waals surface area (Å²) in [5, 5.41) is 18.0. The SMILES string of the molecule is CN(C)C(=O)c1ccnc(C#N)c1O. The highest BCUT2D eigenvalue weighted by atomic mass is 16.3. The summed E-state index contributed by atoms with van der Waals surface area (Å²) in [7, 11) is 3.13. The maximum atomic E-state index is 11.5. The molecule has 5 nitrogen and oxygen atoms in total. The largest absolute Gasteiger partial charge is 0.504 e. The second-order valence-electron chi connectivity index (χ2n) is 2.87. The Labute approximate surface area is 81.2 Å². The zero-order valence-electron chi connectivity index (χ0n) is 7.85. The Kier molecular flexibility index (Phi) is 2.67. The molecular weight excluding hydrogens is 182 g/mol. The van der Waals surface area contributed by atoms with Gasteiger partial charge in [-0.15, -0.1) is 0 Å². The van der Waals surface area contributed by atoms with Gasteiger partial charge in [-0.2, -0.15) is 5.26 Å². The molecule has 5 heteroatoms. The highest BCUT2D eigenvalue weighted by molar-refractivity contribution is 5.96. The Hall–Kier alpha value is -2.09. The number of nitriles is 1. The average molecular weight is 191 g/mol. The standard InChI is InChI=1S/C9H9N3O2/c1-12(2)9(14)6-3-4-11-7(5-10)8(6)13/h3-4,13H,1-2H3. The van der Waals surface area contributed by atoms with Crippen LogP contribution >= 0.6 is 0 Å². The number of pyridine rings is 1. The van der Waals surface area contributed by atoms with Gasteiger partial charge in [-0.3, -0.25) is 4.79 Å². The Morgan fingerprint density at radius 1 is 1.64 bits per heavy atom. The summed E-state index contributed by atoms with van der Waals surface area (Å²) in [6.07, 6.45) is 1.31. The van der Waals surface area contributed by atoms with Crippen LogP contribution < -0.4 is 0 Å². The van der Waals surface area contributed by atoms with Crippen molar-refractivity contribution in [1.29, 1.82) is 5.26 Å². The normalized spacial score (nSPS) is 9.21. The second-order valence-corrected chi connectivity index (χ2v) is 2.87. The lowest BCUT2D eigenvalue weighted by Gasteiger charge is -2.11. The first kappa shape index (κ1) is 9.99. The van der Waals surface area contributed by atoms with E-state index in [0.717, 1.165) is 0 Å². The van der Waals surface area contributed by atoms with Gasteiger partial charge in [0.05, 0.1) is 5.56 Å². The lowest BCUT2D eigenvalue weighted by Crippen LogP contribution is -2.22. The summed E-state index contributed by atoms with van der Waals surface area (Å²) < 4.78 is 0. The van der Waals surface area contributed by atoms with Gasteiger partial charge in [0.1, 0.15) is 6.07 Å². The summed E-state index contributed by atoms with van der Waals surface area (Å²) in [6.45, 7) is 0. The van der Waals surface area contributed by atoms with Crippen LogP contribution in [-0.4, -0.2) is 35.0 Å². The van der Waals surface area contributed by atoms with Crippen molar-refractivity contribution in [3.8, 4) is 11.8 Å². The molecule has 1 amide bonds. The number of aromatic hydroxyl groups is 1. The van der Waals surface area contributed by atoms with E-state index in [0.29, 0.717) is 0 Å². The molecule has 0 aliphatic heterocycles. The first-order valence-electron chi connectivity index (χ1n) is 3.87. The third kappa shape index (κ3) is 1.64. The maximum Gasteiger partial charge on any atom is 0.257 e. The number of hydrogen-bond donors (Lipinski definition) is 1. The minimum absolute atomic E-state index is 0.0848. The van der Waals surface area contributed by atoms with Crippen molar-refractivity contribution in [3.05, 3.63) is 23.5 Å². The van der Waals surface area contributed by atoms with E-state index in [1.54, 1.807) is 20.2 Å². The predicted octanol–water partition coefficient (Wildman–Crippen LogP) is 0.361. The van der Waals surface area contributed by atoms with Gasteiger partial charge < -0.3 is 10.0 Å². The molecule has 0 aliphatic carbocycles. The topological polar surface area (TPSA) is 77.2 Å². The quantitative estimate of drug-likeness (QED) is 0.695. The maximum absolute atomic E-state index is 11.5. The van der Waals surface area contributed by atoms with Gasteiger partial charge in [0, 0.05) is 20.3 Å². The summed E-state index contributed by atoms with van der Waals surface area (Å²) in [4.78, 5) is 16.4. The molecule has 1 rings (SSSR count). The van der Waals surface area contributed by atoms with Gasteiger partial charge in [-0.25, -0.2) is 4.98 Å². The molecule has 0 aromatic carbocycles. The van der Waals surface area contributed by atoms with Crippen LogP contribution in [-0.2, 0) is 0 Å². The molecule has 0 saturated carbocycles. The molecule has 0 spiro atoms. The minimum Gasteiger partial charge on any atom is -0.504 e. The number of carbonyl (C=O) groups excluding carboxylic acids is 1. The van der Waals surface area contributed by atoms with Gasteiger partial charge in [0.25, 0.3) is 5.91 Å². The first-order chi connectivity index (χ1) is 6.57. The predicted molar refractivity (Wildman–Crippen MR) is 48.6 cm³/mol. The molecule has 1 aromatic rings. The van der Waals surface area contributed by atoms with Gasteiger partial charge in [0.15, 0.2) is 11.4 Å². The van der Waals surface area contributed by atoms with Crippen molar-refractivity contribution >= 4 is 5.91 Å². The number of amides is 1. The van der Waals surface area contributed by atoms with Crippen LogP contribution in [0.5, 0.6) is 5.75 Å². The number of hydrogen-bond acceptors (Lipinski definition) is 4. The van der Waals surface area contributed by atoms with Crippen molar-refractivity contribution in [1.82, 2.24) is 9.88 Å². The second kappa shape index (κ2) is 3.75. The molecule has 0 radical (unpaired) electrons. The lowest BCUT2D eigenvalue weighted by molar-refractivity contribution is 0.0824. The van der Waals surface area contributed by atoms with E-state index in [-0.39, 0.29) is 22.9 Å². The van der Waals surface area contributed by atoms with Crippen LogP contribution in [0.1, 0.15) is 16.1 Å². The van der Waals surface area contributed by atoms with Crippen molar-refractivity contribution in [2.75, 3.05) is 14.1 Å². The van der Waals surface area contributed by atoms with Crippen LogP contribution in [0, 0.1) is 11.3 Å². The molecule has 1 heterocycles. The molecule has 1 aromatic heterocycles. The van der Waals surface area contributed by atoms with Gasteiger partial charge >= 0.3 is 0 Å². The fourth-order valence-corrected chi connectivity index (χ4v) is 0.949.